The number of nitrogens with zero attached hydrogens (tertiary/aromatic N) is 2. The molecule has 2 bridgehead atoms. The predicted octanol–water partition coefficient (Wildman–Crippen LogP) is 1.91. The van der Waals surface area contributed by atoms with Crippen molar-refractivity contribution in [1.29, 1.82) is 0 Å². The highest BCUT2D eigenvalue weighted by Gasteiger charge is 2.37. The fourth-order valence-corrected chi connectivity index (χ4v) is 3.16. The molecule has 2 fully saturated rings. The molecule has 0 amide bonds. The van der Waals surface area contributed by atoms with Gasteiger partial charge in [0.15, 0.2) is 0 Å². The van der Waals surface area contributed by atoms with E-state index in [9.17, 15) is 4.79 Å². The van der Waals surface area contributed by atoms with Crippen LogP contribution in [0.3, 0.4) is 0 Å². The number of hydrogen-bond donors (Lipinski definition) is 0. The van der Waals surface area contributed by atoms with Crippen LogP contribution in [0.4, 0.5) is 0 Å². The van der Waals surface area contributed by atoms with Gasteiger partial charge in [-0.25, -0.2) is 0 Å². The first-order valence-corrected chi connectivity index (χ1v) is 7.05. The van der Waals surface area contributed by atoms with Crippen LogP contribution in [0.1, 0.15) is 46.0 Å². The minimum atomic E-state index is 0.494. The summed E-state index contributed by atoms with van der Waals surface area (Å²) in [7, 11) is 2.19. The van der Waals surface area contributed by atoms with E-state index >= 15 is 0 Å². The normalized spacial score (nSPS) is 30.3. The zero-order valence-corrected chi connectivity index (χ0v) is 11.5. The summed E-state index contributed by atoms with van der Waals surface area (Å²) in [5.74, 6) is 0.494. The Morgan fingerprint density at radius 3 is 2.41 bits per heavy atom. The van der Waals surface area contributed by atoms with E-state index in [1.165, 1.54) is 19.3 Å². The summed E-state index contributed by atoms with van der Waals surface area (Å²) < 4.78 is 0. The Labute approximate surface area is 105 Å². The third-order valence-corrected chi connectivity index (χ3v) is 4.53. The van der Waals surface area contributed by atoms with Gasteiger partial charge in [-0.2, -0.15) is 0 Å². The van der Waals surface area contributed by atoms with Gasteiger partial charge in [-0.1, -0.05) is 6.42 Å². The molecule has 2 rings (SSSR count). The molecule has 2 atom stereocenters. The number of Topliss-reactive ketones (excluding diaryl/α,β-unsaturated/α-hetero) is 1. The molecule has 2 heterocycles. The maximum Gasteiger partial charge on any atom is 0.136 e. The number of likely N-dealkylation sites (N-methyl/N-ethyl adjacent to an activating group) is 1. The van der Waals surface area contributed by atoms with Crippen LogP contribution in [-0.4, -0.2) is 53.8 Å². The summed E-state index contributed by atoms with van der Waals surface area (Å²) in [6.07, 6.45) is 5.39. The van der Waals surface area contributed by atoms with E-state index in [4.69, 9.17) is 0 Å². The topological polar surface area (TPSA) is 23.6 Å². The summed E-state index contributed by atoms with van der Waals surface area (Å²) in [5.41, 5.74) is 0. The van der Waals surface area contributed by atoms with Gasteiger partial charge >= 0.3 is 0 Å². The Bertz CT molecular complexity index is 261. The first-order valence-electron chi connectivity index (χ1n) is 7.05. The van der Waals surface area contributed by atoms with Gasteiger partial charge in [0.2, 0.25) is 0 Å². The van der Waals surface area contributed by atoms with Crippen molar-refractivity contribution in [2.75, 3.05) is 20.1 Å². The first kappa shape index (κ1) is 13.0. The van der Waals surface area contributed by atoms with Crippen LogP contribution in [0, 0.1) is 0 Å². The summed E-state index contributed by atoms with van der Waals surface area (Å²) in [5, 5.41) is 0. The number of rotatable bonds is 4. The lowest BCUT2D eigenvalue weighted by molar-refractivity contribution is -0.127. The van der Waals surface area contributed by atoms with Crippen molar-refractivity contribution < 1.29 is 4.79 Å². The highest BCUT2D eigenvalue weighted by Crippen LogP contribution is 2.31. The SMILES string of the molecule is CC(C)N(C)CCN1C2CCCC1CC(=O)C2. The van der Waals surface area contributed by atoms with Crippen LogP contribution in [0.25, 0.3) is 0 Å². The minimum absolute atomic E-state index is 0.494. The van der Waals surface area contributed by atoms with E-state index in [1.807, 2.05) is 0 Å². The standard InChI is InChI=1S/C14H26N2O/c1-11(2)15(3)7-8-16-12-5-4-6-13(16)10-14(17)9-12/h11-13H,4-10H2,1-3H3. The van der Waals surface area contributed by atoms with Gasteiger partial charge in [0.05, 0.1) is 0 Å². The average molecular weight is 238 g/mol. The lowest BCUT2D eigenvalue weighted by Gasteiger charge is -2.46. The zero-order valence-electron chi connectivity index (χ0n) is 11.5. The lowest BCUT2D eigenvalue weighted by atomic mass is 9.84. The largest absolute Gasteiger partial charge is 0.303 e. The van der Waals surface area contributed by atoms with Crippen LogP contribution in [0.5, 0.6) is 0 Å². The minimum Gasteiger partial charge on any atom is -0.303 e. The Hall–Kier alpha value is -0.410. The summed E-state index contributed by atoms with van der Waals surface area (Å²) in [4.78, 5) is 16.6. The van der Waals surface area contributed by atoms with Crippen molar-refractivity contribution in [2.24, 2.45) is 0 Å². The van der Waals surface area contributed by atoms with E-state index in [-0.39, 0.29) is 0 Å². The van der Waals surface area contributed by atoms with Crippen LogP contribution in [0.15, 0.2) is 0 Å². The Morgan fingerprint density at radius 1 is 1.29 bits per heavy atom. The van der Waals surface area contributed by atoms with Gasteiger partial charge in [-0.15, -0.1) is 0 Å². The first-order chi connectivity index (χ1) is 8.08. The summed E-state index contributed by atoms with van der Waals surface area (Å²) >= 11 is 0. The van der Waals surface area contributed by atoms with Crippen molar-refractivity contribution >= 4 is 5.78 Å². The molecule has 0 aromatic heterocycles. The molecule has 0 N–H and O–H groups in total. The smallest absolute Gasteiger partial charge is 0.136 e. The van der Waals surface area contributed by atoms with Crippen molar-refractivity contribution in [3.8, 4) is 0 Å². The van der Waals surface area contributed by atoms with E-state index in [2.05, 4.69) is 30.7 Å². The molecule has 0 aromatic carbocycles. The molecule has 3 heteroatoms. The highest BCUT2D eigenvalue weighted by atomic mass is 16.1. The summed E-state index contributed by atoms with van der Waals surface area (Å²) in [6.45, 7) is 6.73. The van der Waals surface area contributed by atoms with Gasteiger partial charge in [0.1, 0.15) is 5.78 Å². The third kappa shape index (κ3) is 3.08. The van der Waals surface area contributed by atoms with Crippen LogP contribution in [-0.2, 0) is 4.79 Å². The van der Waals surface area contributed by atoms with Gasteiger partial charge in [-0.3, -0.25) is 9.69 Å². The number of carbonyl (C=O) groups is 1. The van der Waals surface area contributed by atoms with Gasteiger partial charge in [0, 0.05) is 44.1 Å². The Balaban J connectivity index is 1.89. The maximum absolute atomic E-state index is 11.6. The zero-order chi connectivity index (χ0) is 12.4. The van der Waals surface area contributed by atoms with E-state index in [1.54, 1.807) is 0 Å². The molecule has 2 aliphatic heterocycles. The van der Waals surface area contributed by atoms with E-state index < -0.39 is 0 Å². The fourth-order valence-electron chi connectivity index (χ4n) is 3.16. The van der Waals surface area contributed by atoms with Crippen LogP contribution < -0.4 is 0 Å². The quantitative estimate of drug-likeness (QED) is 0.747. The second kappa shape index (κ2) is 5.49. The van der Waals surface area contributed by atoms with Crippen molar-refractivity contribution in [1.82, 2.24) is 9.80 Å². The predicted molar refractivity (Wildman–Crippen MR) is 70.1 cm³/mol. The Morgan fingerprint density at radius 2 is 1.88 bits per heavy atom. The third-order valence-electron chi connectivity index (χ3n) is 4.53. The highest BCUT2D eigenvalue weighted by molar-refractivity contribution is 5.80. The van der Waals surface area contributed by atoms with Gasteiger partial charge in [0.25, 0.3) is 0 Å². The molecule has 3 nitrogen and oxygen atoms in total. The van der Waals surface area contributed by atoms with Crippen LogP contribution >= 0.6 is 0 Å². The Kier molecular flexibility index (Phi) is 4.21. The molecule has 2 aliphatic rings. The maximum atomic E-state index is 11.6. The molecule has 0 aromatic rings. The molecule has 0 radical (unpaired) electrons. The molecule has 17 heavy (non-hydrogen) atoms. The molecular weight excluding hydrogens is 212 g/mol. The monoisotopic (exact) mass is 238 g/mol. The molecular formula is C14H26N2O. The second-order valence-corrected chi connectivity index (χ2v) is 6.00. The molecule has 98 valence electrons. The second-order valence-electron chi connectivity index (χ2n) is 6.00. The number of ketones is 1. The molecule has 2 unspecified atom stereocenters. The average Bonchev–Trinajstić information content (AvgIpc) is 2.25. The molecule has 0 saturated carbocycles. The van der Waals surface area contributed by atoms with Crippen molar-refractivity contribution in [3.05, 3.63) is 0 Å². The fraction of sp³-hybridized carbons (Fsp3) is 0.929. The number of carbonyl (C=O) groups excluding carboxylic acids is 1. The van der Waals surface area contributed by atoms with Crippen molar-refractivity contribution in [2.45, 2.75) is 64.1 Å². The van der Waals surface area contributed by atoms with Crippen molar-refractivity contribution in [3.63, 3.8) is 0 Å². The molecule has 0 aliphatic carbocycles. The van der Waals surface area contributed by atoms with Crippen LogP contribution in [0.2, 0.25) is 0 Å². The molecule has 2 saturated heterocycles. The number of hydrogen-bond acceptors (Lipinski definition) is 3. The molecule has 0 spiro atoms. The lowest BCUT2D eigenvalue weighted by Crippen LogP contribution is -2.54. The van der Waals surface area contributed by atoms with Gasteiger partial charge < -0.3 is 4.90 Å². The van der Waals surface area contributed by atoms with Gasteiger partial charge in [-0.05, 0) is 33.7 Å². The number of fused-ring (bicyclic) bond motifs is 2. The number of piperidine rings is 2. The van der Waals surface area contributed by atoms with E-state index in [0.29, 0.717) is 23.9 Å². The van der Waals surface area contributed by atoms with E-state index in [0.717, 1.165) is 25.9 Å². The summed E-state index contributed by atoms with van der Waals surface area (Å²) in [6, 6.07) is 1.72.